The minimum atomic E-state index is 0.339. The van der Waals surface area contributed by atoms with Gasteiger partial charge >= 0.3 is 0 Å². The molecule has 0 atom stereocenters. The first-order chi connectivity index (χ1) is 9.51. The van der Waals surface area contributed by atoms with Gasteiger partial charge in [-0.25, -0.2) is 0 Å². The average Bonchev–Trinajstić information content (AvgIpc) is 2.42. The van der Waals surface area contributed by atoms with Crippen molar-refractivity contribution in [2.24, 2.45) is 20.9 Å². The highest BCUT2D eigenvalue weighted by molar-refractivity contribution is 6.23. The van der Waals surface area contributed by atoms with Crippen molar-refractivity contribution in [2.45, 2.75) is 13.8 Å². The van der Waals surface area contributed by atoms with E-state index in [4.69, 9.17) is 5.73 Å². The lowest BCUT2D eigenvalue weighted by atomic mass is 10.0. The average molecular weight is 271 g/mol. The van der Waals surface area contributed by atoms with Crippen molar-refractivity contribution < 1.29 is 5.21 Å². The van der Waals surface area contributed by atoms with E-state index in [9.17, 15) is 5.21 Å². The second-order valence-electron chi connectivity index (χ2n) is 4.53. The van der Waals surface area contributed by atoms with E-state index in [1.165, 1.54) is 6.20 Å². The maximum Gasteiger partial charge on any atom is 0.190 e. The van der Waals surface area contributed by atoms with E-state index in [2.05, 4.69) is 15.2 Å². The summed E-state index contributed by atoms with van der Waals surface area (Å²) >= 11 is 0. The summed E-state index contributed by atoms with van der Waals surface area (Å²) in [6, 6.07) is 3.50. The Balaban J connectivity index is 2.45. The molecule has 1 aliphatic carbocycles. The molecule has 0 unspecified atom stereocenters. The standard InChI is InChI=1S/C14H17N5O/c1-9-4-5-19(20)14(6-9)18-17-13-7-10(2)12(16-3)8-11(13)15/h4-8,20H,15H2,1-3H3. The smallest absolute Gasteiger partial charge is 0.190 e. The van der Waals surface area contributed by atoms with Crippen molar-refractivity contribution in [3.63, 3.8) is 0 Å². The second kappa shape index (κ2) is 5.56. The van der Waals surface area contributed by atoms with E-state index in [1.807, 2.05) is 19.9 Å². The molecule has 6 nitrogen and oxygen atoms in total. The van der Waals surface area contributed by atoms with Gasteiger partial charge in [-0.05, 0) is 49.3 Å². The molecule has 0 aromatic carbocycles. The number of hydrogen-bond donors (Lipinski definition) is 2. The van der Waals surface area contributed by atoms with Gasteiger partial charge in [0.15, 0.2) is 5.49 Å². The van der Waals surface area contributed by atoms with Crippen LogP contribution < -0.4 is 11.2 Å². The van der Waals surface area contributed by atoms with Crippen LogP contribution in [0.3, 0.4) is 0 Å². The zero-order valence-electron chi connectivity index (χ0n) is 11.7. The van der Waals surface area contributed by atoms with Gasteiger partial charge in [-0.2, -0.15) is 4.73 Å². The van der Waals surface area contributed by atoms with Crippen LogP contribution >= 0.6 is 0 Å². The van der Waals surface area contributed by atoms with Crippen LogP contribution in [-0.4, -0.2) is 28.4 Å². The monoisotopic (exact) mass is 271 g/mol. The normalized spacial score (nSPS) is 20.2. The molecule has 104 valence electrons. The Labute approximate surface area is 117 Å². The molecule has 0 aliphatic heterocycles. The topological polar surface area (TPSA) is 88.3 Å². The lowest BCUT2D eigenvalue weighted by Crippen LogP contribution is -2.20. The third kappa shape index (κ3) is 2.85. The predicted octanol–water partition coefficient (Wildman–Crippen LogP) is 1.16. The Kier molecular flexibility index (Phi) is 3.84. The summed E-state index contributed by atoms with van der Waals surface area (Å²) in [5.41, 5.74) is 10.1. The molecule has 0 amide bonds. The van der Waals surface area contributed by atoms with Gasteiger partial charge in [0.05, 0.1) is 11.4 Å². The van der Waals surface area contributed by atoms with Gasteiger partial charge in [-0.3, -0.25) is 4.99 Å². The van der Waals surface area contributed by atoms with Crippen LogP contribution in [0.15, 0.2) is 56.9 Å². The molecule has 0 spiro atoms. The molecule has 0 saturated carbocycles. The quantitative estimate of drug-likeness (QED) is 0.456. The largest absolute Gasteiger partial charge is 0.427 e. The van der Waals surface area contributed by atoms with Gasteiger partial charge in [0.2, 0.25) is 0 Å². The Bertz CT molecular complexity index is 719. The van der Waals surface area contributed by atoms with Crippen LogP contribution in [0, 0.1) is 6.92 Å². The zero-order valence-corrected chi connectivity index (χ0v) is 11.7. The Morgan fingerprint density at radius 2 is 1.90 bits per heavy atom. The van der Waals surface area contributed by atoms with Crippen LogP contribution in [0.25, 0.3) is 0 Å². The fraction of sp³-hybridized carbons (Fsp3) is 0.214. The van der Waals surface area contributed by atoms with Gasteiger partial charge in [0.1, 0.15) is 5.71 Å². The van der Waals surface area contributed by atoms with Gasteiger partial charge in [0.25, 0.3) is 0 Å². The summed E-state index contributed by atoms with van der Waals surface area (Å²) in [6.07, 6.45) is 5.09. The van der Waals surface area contributed by atoms with E-state index < -0.39 is 0 Å². The number of hydrogen-bond acceptors (Lipinski definition) is 5. The number of aromatic nitrogens is 1. The van der Waals surface area contributed by atoms with Crippen molar-refractivity contribution >= 4 is 11.4 Å². The lowest BCUT2D eigenvalue weighted by molar-refractivity contribution is 0.171. The van der Waals surface area contributed by atoms with Crippen LogP contribution in [0.1, 0.15) is 12.5 Å². The summed E-state index contributed by atoms with van der Waals surface area (Å²) in [5.74, 6) is 0. The Morgan fingerprint density at radius 1 is 1.15 bits per heavy atom. The Morgan fingerprint density at radius 3 is 2.60 bits per heavy atom. The summed E-state index contributed by atoms with van der Waals surface area (Å²) < 4.78 is 0.912. The molecule has 1 aromatic heterocycles. The number of nitrogens with two attached hydrogens (primary N) is 1. The van der Waals surface area contributed by atoms with Crippen molar-refractivity contribution in [3.05, 3.63) is 52.8 Å². The molecule has 3 N–H and O–H groups in total. The lowest BCUT2D eigenvalue weighted by Gasteiger charge is -2.10. The number of aryl methyl sites for hydroxylation is 1. The van der Waals surface area contributed by atoms with Gasteiger partial charge < -0.3 is 10.9 Å². The number of nitrogens with zero attached hydrogens (tertiary/aromatic N) is 4. The van der Waals surface area contributed by atoms with Crippen molar-refractivity contribution in [1.29, 1.82) is 0 Å². The molecule has 0 fully saturated rings. The van der Waals surface area contributed by atoms with Crippen LogP contribution in [0.2, 0.25) is 0 Å². The third-order valence-corrected chi connectivity index (χ3v) is 2.92. The molecule has 1 aliphatic rings. The second-order valence-corrected chi connectivity index (χ2v) is 4.53. The number of rotatable bonds is 1. The van der Waals surface area contributed by atoms with E-state index in [1.54, 1.807) is 25.3 Å². The molecule has 6 heteroatoms. The van der Waals surface area contributed by atoms with Gasteiger partial charge in [0, 0.05) is 13.2 Å². The third-order valence-electron chi connectivity index (χ3n) is 2.92. The highest BCUT2D eigenvalue weighted by Crippen LogP contribution is 2.10. The van der Waals surface area contributed by atoms with Gasteiger partial charge in [-0.1, -0.05) is 0 Å². The first kappa shape index (κ1) is 13.8. The molecule has 1 aromatic rings. The van der Waals surface area contributed by atoms with Crippen molar-refractivity contribution in [3.8, 4) is 0 Å². The van der Waals surface area contributed by atoms with E-state index in [0.29, 0.717) is 16.9 Å². The molecule has 20 heavy (non-hydrogen) atoms. The van der Waals surface area contributed by atoms with Crippen LogP contribution in [0.5, 0.6) is 0 Å². The zero-order chi connectivity index (χ0) is 14.7. The minimum absolute atomic E-state index is 0.339. The van der Waals surface area contributed by atoms with E-state index in [0.717, 1.165) is 21.6 Å². The fourth-order valence-corrected chi connectivity index (χ4v) is 1.79. The number of pyridine rings is 1. The van der Waals surface area contributed by atoms with E-state index >= 15 is 0 Å². The molecule has 1 heterocycles. The molecule has 2 rings (SSSR count). The first-order valence-electron chi connectivity index (χ1n) is 6.14. The molecule has 0 bridgehead atoms. The predicted molar refractivity (Wildman–Crippen MR) is 78.7 cm³/mol. The minimum Gasteiger partial charge on any atom is -0.427 e. The van der Waals surface area contributed by atoms with Crippen LogP contribution in [0.4, 0.5) is 0 Å². The summed E-state index contributed by atoms with van der Waals surface area (Å²) in [7, 11) is 1.71. The maximum absolute atomic E-state index is 9.64. The van der Waals surface area contributed by atoms with Gasteiger partial charge in [-0.15, -0.1) is 10.2 Å². The highest BCUT2D eigenvalue weighted by Gasteiger charge is 2.11. The molecular weight excluding hydrogens is 254 g/mol. The maximum atomic E-state index is 9.64. The Hall–Kier alpha value is -2.63. The molecular formula is C14H17N5O. The summed E-state index contributed by atoms with van der Waals surface area (Å²) in [5, 5.41) is 17.7. The SMILES string of the molecule is CN=C1C=C(N)C(=NN=c2cc(C)ccn2O)C=C1C. The van der Waals surface area contributed by atoms with Crippen molar-refractivity contribution in [1.82, 2.24) is 4.73 Å². The first-order valence-corrected chi connectivity index (χ1v) is 6.14. The summed E-state index contributed by atoms with van der Waals surface area (Å²) in [6.45, 7) is 3.84. The summed E-state index contributed by atoms with van der Waals surface area (Å²) in [4.78, 5) is 4.12. The number of allylic oxidation sites excluding steroid dienone is 3. The van der Waals surface area contributed by atoms with Crippen LogP contribution in [-0.2, 0) is 0 Å². The molecule has 0 radical (unpaired) electrons. The van der Waals surface area contributed by atoms with Crippen molar-refractivity contribution in [2.75, 3.05) is 7.05 Å². The number of aliphatic imine (C=N–C) groups is 1. The van der Waals surface area contributed by atoms with E-state index in [-0.39, 0.29) is 0 Å². The fourth-order valence-electron chi connectivity index (χ4n) is 1.79. The molecule has 0 saturated heterocycles. The highest BCUT2D eigenvalue weighted by atomic mass is 16.5.